The average Bonchev–Trinajstić information content (AvgIpc) is 3.35. The van der Waals surface area contributed by atoms with Gasteiger partial charge in [0.05, 0.1) is 5.69 Å². The van der Waals surface area contributed by atoms with Gasteiger partial charge in [-0.2, -0.15) is 0 Å². The van der Waals surface area contributed by atoms with Crippen molar-refractivity contribution in [2.24, 2.45) is 11.8 Å². The molecule has 4 heteroatoms. The lowest BCUT2D eigenvalue weighted by Crippen LogP contribution is -2.16. The molecule has 1 fully saturated rings. The second-order valence-corrected chi connectivity index (χ2v) is 10.6. The number of aromatic nitrogens is 3. The molecule has 2 heterocycles. The largest absolute Gasteiger partial charge is 0.346 e. The lowest BCUT2D eigenvalue weighted by Gasteiger charge is -2.25. The summed E-state index contributed by atoms with van der Waals surface area (Å²) in [5, 5.41) is 1.19. The molecule has 1 saturated carbocycles. The highest BCUT2D eigenvalue weighted by Gasteiger charge is 2.22. The first kappa shape index (κ1) is 25.6. The Kier molecular flexibility index (Phi) is 9.92. The number of nitrogens with one attached hydrogen (secondary N) is 1. The first-order valence-corrected chi connectivity index (χ1v) is 14.1. The Bertz CT molecular complexity index is 1020. The van der Waals surface area contributed by atoms with Crippen molar-refractivity contribution in [1.29, 1.82) is 0 Å². The quantitative estimate of drug-likeness (QED) is 0.288. The topological polar surface area (TPSA) is 58.6 Å². The van der Waals surface area contributed by atoms with E-state index in [9.17, 15) is 4.79 Å². The molecule has 0 aliphatic heterocycles. The number of nitrogens with zero attached hydrogens (tertiary/aromatic N) is 2. The van der Waals surface area contributed by atoms with Crippen molar-refractivity contribution >= 4 is 16.8 Å². The van der Waals surface area contributed by atoms with Gasteiger partial charge in [-0.25, -0.2) is 9.97 Å². The van der Waals surface area contributed by atoms with E-state index in [0.717, 1.165) is 56.5 Å². The van der Waals surface area contributed by atoms with Crippen molar-refractivity contribution in [2.45, 2.75) is 103 Å². The van der Waals surface area contributed by atoms with E-state index in [1.807, 2.05) is 6.20 Å². The summed E-state index contributed by atoms with van der Waals surface area (Å²) in [6.07, 6.45) is 19.7. The Morgan fingerprint density at radius 3 is 2.57 bits per heavy atom. The number of H-pyrrole nitrogens is 1. The molecule has 0 amide bonds. The predicted octanol–water partition coefficient (Wildman–Crippen LogP) is 8.19. The van der Waals surface area contributed by atoms with Gasteiger partial charge in [0.1, 0.15) is 17.8 Å². The summed E-state index contributed by atoms with van der Waals surface area (Å²) in [4.78, 5) is 25.3. The summed E-state index contributed by atoms with van der Waals surface area (Å²) < 4.78 is 0. The summed E-state index contributed by atoms with van der Waals surface area (Å²) in [5.41, 5.74) is 3.58. The minimum atomic E-state index is 0.264. The summed E-state index contributed by atoms with van der Waals surface area (Å²) >= 11 is 0. The van der Waals surface area contributed by atoms with Crippen LogP contribution < -0.4 is 0 Å². The number of hydrogen-bond acceptors (Lipinski definition) is 3. The summed E-state index contributed by atoms with van der Waals surface area (Å²) in [6, 6.07) is 12.8. The van der Waals surface area contributed by atoms with Crippen LogP contribution in [0.2, 0.25) is 0 Å². The van der Waals surface area contributed by atoms with Crippen LogP contribution in [-0.4, -0.2) is 20.7 Å². The fourth-order valence-corrected chi connectivity index (χ4v) is 6.16. The number of ketones is 1. The highest BCUT2D eigenvalue weighted by atomic mass is 16.1. The van der Waals surface area contributed by atoms with Crippen LogP contribution in [0.1, 0.15) is 108 Å². The number of rotatable bonds is 12. The number of hydrogen-bond donors (Lipinski definition) is 1. The minimum absolute atomic E-state index is 0.264. The molecular formula is C31H43N3O. The SMILES string of the molecule is CCC[C@@H](CCCc1ccccc1)C(=O)CCCC1CCCC(c2ncnc3[nH]ccc23)CCC1. The second kappa shape index (κ2) is 13.6. The van der Waals surface area contributed by atoms with Gasteiger partial charge in [0.25, 0.3) is 0 Å². The number of fused-ring (bicyclic) bond motifs is 1. The smallest absolute Gasteiger partial charge is 0.140 e. The van der Waals surface area contributed by atoms with Crippen LogP contribution in [0.3, 0.4) is 0 Å². The van der Waals surface area contributed by atoms with Crippen molar-refractivity contribution in [3.8, 4) is 0 Å². The second-order valence-electron chi connectivity index (χ2n) is 10.6. The number of Topliss-reactive ketones (excluding diaryl/α,β-unsaturated/α-hetero) is 1. The van der Waals surface area contributed by atoms with Gasteiger partial charge in [-0.05, 0) is 62.5 Å². The van der Waals surface area contributed by atoms with Gasteiger partial charge in [-0.15, -0.1) is 0 Å². The molecule has 4 nitrogen and oxygen atoms in total. The van der Waals surface area contributed by atoms with Crippen LogP contribution in [0, 0.1) is 11.8 Å². The minimum Gasteiger partial charge on any atom is -0.346 e. The molecule has 4 rings (SSSR count). The zero-order valence-electron chi connectivity index (χ0n) is 21.6. The molecule has 0 saturated heterocycles. The molecule has 0 bridgehead atoms. The van der Waals surface area contributed by atoms with Crippen LogP contribution in [0.4, 0.5) is 0 Å². The van der Waals surface area contributed by atoms with Crippen molar-refractivity contribution < 1.29 is 4.79 Å². The number of carbonyl (C=O) groups is 1. The monoisotopic (exact) mass is 473 g/mol. The molecule has 0 radical (unpaired) electrons. The highest BCUT2D eigenvalue weighted by Crippen LogP contribution is 2.36. The van der Waals surface area contributed by atoms with E-state index in [1.54, 1.807) is 6.33 Å². The predicted molar refractivity (Wildman–Crippen MR) is 144 cm³/mol. The van der Waals surface area contributed by atoms with Crippen LogP contribution in [0.25, 0.3) is 11.0 Å². The summed E-state index contributed by atoms with van der Waals surface area (Å²) in [6.45, 7) is 2.21. The van der Waals surface area contributed by atoms with E-state index in [-0.39, 0.29) is 5.92 Å². The first-order chi connectivity index (χ1) is 17.2. The van der Waals surface area contributed by atoms with E-state index in [4.69, 9.17) is 0 Å². The molecule has 1 aliphatic rings. The molecular weight excluding hydrogens is 430 g/mol. The van der Waals surface area contributed by atoms with Gasteiger partial charge in [0.2, 0.25) is 0 Å². The summed E-state index contributed by atoms with van der Waals surface area (Å²) in [7, 11) is 0. The van der Waals surface area contributed by atoms with E-state index >= 15 is 0 Å². The third kappa shape index (κ3) is 7.49. The maximum Gasteiger partial charge on any atom is 0.140 e. The maximum atomic E-state index is 13.0. The van der Waals surface area contributed by atoms with Gasteiger partial charge in [0.15, 0.2) is 0 Å². The molecule has 1 N–H and O–H groups in total. The third-order valence-corrected chi connectivity index (χ3v) is 8.09. The van der Waals surface area contributed by atoms with Crippen molar-refractivity contribution in [3.05, 3.63) is 60.2 Å². The molecule has 188 valence electrons. The van der Waals surface area contributed by atoms with E-state index in [0.29, 0.717) is 11.7 Å². The number of benzene rings is 1. The van der Waals surface area contributed by atoms with Crippen LogP contribution in [-0.2, 0) is 11.2 Å². The van der Waals surface area contributed by atoms with E-state index in [2.05, 4.69) is 58.3 Å². The standard InChI is InChI=1S/C31H43N3O/c1-2-10-26(17-6-13-24-11-4-3-5-12-24)29(35)20-9-16-25-14-7-18-27(19-8-15-25)30-28-21-22-32-31(28)34-23-33-30/h3-5,11-12,21-23,25-27H,2,6-10,13-20H2,1H3,(H,32,33,34)/t25?,26-,27?/m0/s1. The normalized spacial score (nSPS) is 19.8. The van der Waals surface area contributed by atoms with Crippen LogP contribution in [0.5, 0.6) is 0 Å². The Labute approximate surface area is 211 Å². The zero-order valence-corrected chi connectivity index (χ0v) is 21.6. The van der Waals surface area contributed by atoms with E-state index in [1.165, 1.54) is 61.6 Å². The van der Waals surface area contributed by atoms with Gasteiger partial charge in [-0.3, -0.25) is 4.79 Å². The molecule has 3 aromatic rings. The average molecular weight is 474 g/mol. The zero-order chi connectivity index (χ0) is 24.3. The Morgan fingerprint density at radius 2 is 1.80 bits per heavy atom. The van der Waals surface area contributed by atoms with Crippen molar-refractivity contribution in [1.82, 2.24) is 15.0 Å². The maximum absolute atomic E-state index is 13.0. The first-order valence-electron chi connectivity index (χ1n) is 14.1. The van der Waals surface area contributed by atoms with Gasteiger partial charge < -0.3 is 4.98 Å². The lowest BCUT2D eigenvalue weighted by atomic mass is 9.81. The fourth-order valence-electron chi connectivity index (χ4n) is 6.16. The molecule has 1 aliphatic carbocycles. The number of carbonyl (C=O) groups excluding carboxylic acids is 1. The summed E-state index contributed by atoms with van der Waals surface area (Å²) in [5.74, 6) is 2.11. The number of aromatic amines is 1. The van der Waals surface area contributed by atoms with Gasteiger partial charge in [-0.1, -0.05) is 75.8 Å². The lowest BCUT2D eigenvalue weighted by molar-refractivity contribution is -0.123. The van der Waals surface area contributed by atoms with Crippen molar-refractivity contribution in [2.75, 3.05) is 0 Å². The Hall–Kier alpha value is -2.49. The fraction of sp³-hybridized carbons (Fsp3) is 0.581. The molecule has 0 unspecified atom stereocenters. The molecule has 1 atom stereocenters. The molecule has 0 spiro atoms. The molecule has 1 aromatic carbocycles. The molecule has 35 heavy (non-hydrogen) atoms. The van der Waals surface area contributed by atoms with Crippen LogP contribution >= 0.6 is 0 Å². The van der Waals surface area contributed by atoms with E-state index < -0.39 is 0 Å². The third-order valence-electron chi connectivity index (χ3n) is 8.09. The Morgan fingerprint density at radius 1 is 1.00 bits per heavy atom. The Balaban J connectivity index is 1.18. The molecule has 2 aromatic heterocycles. The number of aryl methyl sites for hydroxylation is 1. The van der Waals surface area contributed by atoms with Gasteiger partial charge >= 0.3 is 0 Å². The van der Waals surface area contributed by atoms with Gasteiger partial charge in [0, 0.05) is 29.8 Å². The highest BCUT2D eigenvalue weighted by molar-refractivity contribution is 5.81. The van der Waals surface area contributed by atoms with Crippen molar-refractivity contribution in [3.63, 3.8) is 0 Å². The van der Waals surface area contributed by atoms with Crippen LogP contribution in [0.15, 0.2) is 48.9 Å².